The van der Waals surface area contributed by atoms with E-state index in [0.29, 0.717) is 0 Å². The zero-order valence-corrected chi connectivity index (χ0v) is 15.2. The van der Waals surface area contributed by atoms with Crippen molar-refractivity contribution >= 4 is 7.60 Å². The smallest absolute Gasteiger partial charge is 0.350 e. The van der Waals surface area contributed by atoms with Gasteiger partial charge in [0.25, 0.3) is 0 Å². The van der Waals surface area contributed by atoms with Crippen LogP contribution in [0.1, 0.15) is 59.8 Å². The van der Waals surface area contributed by atoms with Crippen molar-refractivity contribution < 1.29 is 19.1 Å². The zero-order valence-electron chi connectivity index (χ0n) is 14.3. The van der Waals surface area contributed by atoms with Gasteiger partial charge in [0.15, 0.2) is 0 Å². The molecule has 22 heavy (non-hydrogen) atoms. The summed E-state index contributed by atoms with van der Waals surface area (Å²) in [6, 6.07) is 0. The molecule has 0 heterocycles. The van der Waals surface area contributed by atoms with Crippen molar-refractivity contribution in [2.24, 2.45) is 0 Å². The lowest BCUT2D eigenvalue weighted by atomic mass is 10.0. The van der Waals surface area contributed by atoms with E-state index in [4.69, 9.17) is 14.5 Å². The SMILES string of the molecule is CC/C(=C\COCP(=O)(O)O)CC/C=C(\C)CCC=C(C)C. The molecule has 0 saturated heterocycles. The first-order valence-corrected chi connectivity index (χ1v) is 9.63. The van der Waals surface area contributed by atoms with E-state index in [-0.39, 0.29) is 6.61 Å². The standard InChI is InChI=1S/C17H31O4P/c1-5-17(12-13-21-14-22(18,19)20)11-7-10-16(4)9-6-8-15(2)3/h8,10,12H,5-7,9,11,13-14H2,1-4H3,(H2,18,19,20)/b16-10+,17-12+. The van der Waals surface area contributed by atoms with Gasteiger partial charge in [-0.05, 0) is 52.9 Å². The van der Waals surface area contributed by atoms with E-state index in [2.05, 4.69) is 39.8 Å². The highest BCUT2D eigenvalue weighted by molar-refractivity contribution is 7.51. The first-order chi connectivity index (χ1) is 10.2. The second-order valence-electron chi connectivity index (χ2n) is 5.79. The quantitative estimate of drug-likeness (QED) is 0.320. The van der Waals surface area contributed by atoms with E-state index >= 15 is 0 Å². The summed E-state index contributed by atoms with van der Waals surface area (Å²) in [6.45, 7) is 8.74. The summed E-state index contributed by atoms with van der Waals surface area (Å²) in [4.78, 5) is 17.4. The molecule has 0 bridgehead atoms. The van der Waals surface area contributed by atoms with Crippen LogP contribution in [0.2, 0.25) is 0 Å². The van der Waals surface area contributed by atoms with Crippen molar-refractivity contribution in [3.8, 4) is 0 Å². The van der Waals surface area contributed by atoms with E-state index in [0.717, 1.165) is 32.1 Å². The Morgan fingerprint density at radius 1 is 1.05 bits per heavy atom. The highest BCUT2D eigenvalue weighted by Gasteiger charge is 2.11. The molecule has 0 saturated carbocycles. The molecule has 0 aliphatic heterocycles. The fraction of sp³-hybridized carbons (Fsp3) is 0.647. The molecule has 0 unspecified atom stereocenters. The van der Waals surface area contributed by atoms with Gasteiger partial charge in [0, 0.05) is 0 Å². The lowest BCUT2D eigenvalue weighted by molar-refractivity contribution is 0.184. The summed E-state index contributed by atoms with van der Waals surface area (Å²) >= 11 is 0. The summed E-state index contributed by atoms with van der Waals surface area (Å²) in [5.74, 6) is 0. The predicted molar refractivity (Wildman–Crippen MR) is 92.9 cm³/mol. The molecule has 0 aliphatic rings. The van der Waals surface area contributed by atoms with Gasteiger partial charge < -0.3 is 14.5 Å². The lowest BCUT2D eigenvalue weighted by Gasteiger charge is -2.06. The summed E-state index contributed by atoms with van der Waals surface area (Å²) in [5.41, 5.74) is 4.03. The van der Waals surface area contributed by atoms with Crippen LogP contribution in [0, 0.1) is 0 Å². The Balaban J connectivity index is 4.07. The molecule has 2 N–H and O–H groups in total. The van der Waals surface area contributed by atoms with E-state index in [1.165, 1.54) is 16.7 Å². The number of allylic oxidation sites excluding steroid dienone is 5. The highest BCUT2D eigenvalue weighted by Crippen LogP contribution is 2.33. The average Bonchev–Trinajstić information content (AvgIpc) is 2.39. The number of hydrogen-bond donors (Lipinski definition) is 2. The maximum atomic E-state index is 10.7. The molecular weight excluding hydrogens is 299 g/mol. The van der Waals surface area contributed by atoms with Gasteiger partial charge in [0.2, 0.25) is 0 Å². The third-order valence-corrected chi connectivity index (χ3v) is 3.77. The van der Waals surface area contributed by atoms with Crippen LogP contribution in [0.15, 0.2) is 34.9 Å². The summed E-state index contributed by atoms with van der Waals surface area (Å²) in [7, 11) is -4.05. The van der Waals surface area contributed by atoms with Crippen molar-refractivity contribution in [1.29, 1.82) is 0 Å². The van der Waals surface area contributed by atoms with Crippen molar-refractivity contribution in [2.75, 3.05) is 13.0 Å². The normalized spacial score (nSPS) is 13.4. The number of hydrogen-bond acceptors (Lipinski definition) is 2. The maximum absolute atomic E-state index is 10.7. The molecule has 0 aliphatic carbocycles. The van der Waals surface area contributed by atoms with Crippen LogP contribution in [0.5, 0.6) is 0 Å². The molecule has 0 aromatic carbocycles. The third-order valence-electron chi connectivity index (χ3n) is 3.25. The molecule has 4 nitrogen and oxygen atoms in total. The van der Waals surface area contributed by atoms with E-state index in [1.54, 1.807) is 0 Å². The minimum absolute atomic E-state index is 0.261. The van der Waals surface area contributed by atoms with Gasteiger partial charge in [-0.1, -0.05) is 41.9 Å². The van der Waals surface area contributed by atoms with Gasteiger partial charge in [-0.3, -0.25) is 4.57 Å². The van der Waals surface area contributed by atoms with Crippen LogP contribution in [0.4, 0.5) is 0 Å². The van der Waals surface area contributed by atoms with Gasteiger partial charge in [0.1, 0.15) is 6.35 Å². The molecule has 5 heteroatoms. The fourth-order valence-corrected chi connectivity index (χ4v) is 2.31. The van der Waals surface area contributed by atoms with Crippen LogP contribution in [-0.2, 0) is 9.30 Å². The first-order valence-electron chi connectivity index (χ1n) is 7.83. The molecule has 0 fully saturated rings. The number of ether oxygens (including phenoxy) is 1. The Bertz CT molecular complexity index is 440. The molecule has 0 aromatic heterocycles. The van der Waals surface area contributed by atoms with Crippen molar-refractivity contribution in [3.63, 3.8) is 0 Å². The van der Waals surface area contributed by atoms with Crippen molar-refractivity contribution in [2.45, 2.75) is 59.8 Å². The lowest BCUT2D eigenvalue weighted by Crippen LogP contribution is -1.96. The molecule has 0 rings (SSSR count). The van der Waals surface area contributed by atoms with Crippen molar-refractivity contribution in [1.82, 2.24) is 0 Å². The van der Waals surface area contributed by atoms with Crippen molar-refractivity contribution in [3.05, 3.63) is 34.9 Å². The molecular formula is C17H31O4P. The second-order valence-corrected chi connectivity index (χ2v) is 7.38. The Morgan fingerprint density at radius 2 is 1.68 bits per heavy atom. The molecule has 0 radical (unpaired) electrons. The van der Waals surface area contributed by atoms with E-state index in [9.17, 15) is 4.57 Å². The molecule has 0 atom stereocenters. The Labute approximate surface area is 135 Å². The minimum atomic E-state index is -4.05. The molecule has 0 aromatic rings. The Kier molecular flexibility index (Phi) is 11.5. The minimum Gasteiger partial charge on any atom is -0.365 e. The van der Waals surface area contributed by atoms with Crippen LogP contribution in [-0.4, -0.2) is 22.7 Å². The Morgan fingerprint density at radius 3 is 2.23 bits per heavy atom. The average molecular weight is 330 g/mol. The van der Waals surface area contributed by atoms with Gasteiger partial charge in [-0.2, -0.15) is 0 Å². The fourth-order valence-electron chi connectivity index (χ4n) is 1.97. The van der Waals surface area contributed by atoms with E-state index in [1.807, 2.05) is 6.08 Å². The molecule has 128 valence electrons. The van der Waals surface area contributed by atoms with Gasteiger partial charge in [-0.15, -0.1) is 0 Å². The maximum Gasteiger partial charge on any atom is 0.350 e. The van der Waals surface area contributed by atoms with Gasteiger partial charge in [-0.25, -0.2) is 0 Å². The Hall–Kier alpha value is -0.670. The third kappa shape index (κ3) is 14.3. The second kappa shape index (κ2) is 11.8. The highest BCUT2D eigenvalue weighted by atomic mass is 31.2. The van der Waals surface area contributed by atoms with Crippen LogP contribution in [0.3, 0.4) is 0 Å². The van der Waals surface area contributed by atoms with E-state index < -0.39 is 13.9 Å². The summed E-state index contributed by atoms with van der Waals surface area (Å²) < 4.78 is 15.6. The van der Waals surface area contributed by atoms with Crippen LogP contribution >= 0.6 is 7.60 Å². The number of rotatable bonds is 11. The monoisotopic (exact) mass is 330 g/mol. The molecule has 0 spiro atoms. The van der Waals surface area contributed by atoms with Gasteiger partial charge >= 0.3 is 7.60 Å². The zero-order chi connectivity index (χ0) is 17.0. The van der Waals surface area contributed by atoms with Gasteiger partial charge in [0.05, 0.1) is 6.61 Å². The van der Waals surface area contributed by atoms with Crippen LogP contribution < -0.4 is 0 Å². The molecule has 0 amide bonds. The first kappa shape index (κ1) is 21.3. The summed E-state index contributed by atoms with van der Waals surface area (Å²) in [5, 5.41) is 0. The summed E-state index contributed by atoms with van der Waals surface area (Å²) in [6.07, 6.45) is 11.1. The largest absolute Gasteiger partial charge is 0.365 e. The van der Waals surface area contributed by atoms with Crippen LogP contribution in [0.25, 0.3) is 0 Å². The topological polar surface area (TPSA) is 66.8 Å². The predicted octanol–water partition coefficient (Wildman–Crippen LogP) is 4.95.